The Kier molecular flexibility index (Phi) is 3.62. The minimum atomic E-state index is -0.767. The summed E-state index contributed by atoms with van der Waals surface area (Å²) >= 11 is 0. The van der Waals surface area contributed by atoms with Crippen LogP contribution < -0.4 is 4.90 Å². The van der Waals surface area contributed by atoms with Gasteiger partial charge < -0.3 is 10.0 Å². The number of anilines is 1. The molecular formula is C15H22FNO. The molecule has 1 aliphatic rings. The zero-order valence-electron chi connectivity index (χ0n) is 11.4. The second-order valence-electron chi connectivity index (χ2n) is 6.00. The highest BCUT2D eigenvalue weighted by Gasteiger charge is 2.27. The molecule has 3 heteroatoms. The average molecular weight is 251 g/mol. The Bertz CT molecular complexity index is 419. The van der Waals surface area contributed by atoms with Crippen LogP contribution in [-0.2, 0) is 0 Å². The highest BCUT2D eigenvalue weighted by molar-refractivity contribution is 5.55. The zero-order valence-corrected chi connectivity index (χ0v) is 11.4. The summed E-state index contributed by atoms with van der Waals surface area (Å²) in [6.07, 6.45) is 1.43. The molecule has 1 heterocycles. The average Bonchev–Trinajstić information content (AvgIpc) is 2.28. The Labute approximate surface area is 108 Å². The SMILES string of the molecule is C[C@H](O)c1c(F)cccc1N1CCC(C)(C)CC1. The maximum absolute atomic E-state index is 13.8. The van der Waals surface area contributed by atoms with Gasteiger partial charge in [0.15, 0.2) is 0 Å². The van der Waals surface area contributed by atoms with Crippen LogP contribution in [0.5, 0.6) is 0 Å². The van der Waals surface area contributed by atoms with Crippen LogP contribution >= 0.6 is 0 Å². The number of benzene rings is 1. The minimum Gasteiger partial charge on any atom is -0.389 e. The summed E-state index contributed by atoms with van der Waals surface area (Å²) in [7, 11) is 0. The largest absolute Gasteiger partial charge is 0.389 e. The number of aliphatic hydroxyl groups excluding tert-OH is 1. The lowest BCUT2D eigenvalue weighted by molar-refractivity contribution is 0.194. The molecule has 1 atom stereocenters. The first-order valence-corrected chi connectivity index (χ1v) is 6.62. The number of rotatable bonds is 2. The van der Waals surface area contributed by atoms with Gasteiger partial charge in [-0.05, 0) is 37.3 Å². The van der Waals surface area contributed by atoms with Gasteiger partial charge in [0.25, 0.3) is 0 Å². The van der Waals surface area contributed by atoms with E-state index in [-0.39, 0.29) is 5.82 Å². The molecule has 0 unspecified atom stereocenters. The van der Waals surface area contributed by atoms with Gasteiger partial charge in [0.05, 0.1) is 6.10 Å². The summed E-state index contributed by atoms with van der Waals surface area (Å²) in [5.74, 6) is -0.313. The summed E-state index contributed by atoms with van der Waals surface area (Å²) in [6.45, 7) is 8.01. The molecule has 0 aromatic heterocycles. The number of piperidine rings is 1. The third-order valence-electron chi connectivity index (χ3n) is 3.91. The Morgan fingerprint density at radius 2 is 1.89 bits per heavy atom. The minimum absolute atomic E-state index is 0.313. The van der Waals surface area contributed by atoms with Crippen LogP contribution in [0.1, 0.15) is 45.3 Å². The molecule has 0 bridgehead atoms. The fourth-order valence-corrected chi connectivity index (χ4v) is 2.57. The van der Waals surface area contributed by atoms with Crippen molar-refractivity contribution in [3.8, 4) is 0 Å². The van der Waals surface area contributed by atoms with E-state index in [0.29, 0.717) is 11.0 Å². The molecule has 1 fully saturated rings. The first kappa shape index (κ1) is 13.3. The van der Waals surface area contributed by atoms with Crippen molar-refractivity contribution in [3.05, 3.63) is 29.6 Å². The van der Waals surface area contributed by atoms with Gasteiger partial charge in [-0.1, -0.05) is 19.9 Å². The van der Waals surface area contributed by atoms with Gasteiger partial charge in [-0.2, -0.15) is 0 Å². The smallest absolute Gasteiger partial charge is 0.131 e. The standard InChI is InChI=1S/C15H22FNO/c1-11(18)14-12(16)5-4-6-13(14)17-9-7-15(2,3)8-10-17/h4-6,11,18H,7-10H2,1-3H3/t11-/m0/s1. The van der Waals surface area contributed by atoms with E-state index in [1.807, 2.05) is 6.07 Å². The highest BCUT2D eigenvalue weighted by atomic mass is 19.1. The van der Waals surface area contributed by atoms with Crippen LogP contribution in [0.25, 0.3) is 0 Å². The van der Waals surface area contributed by atoms with Crippen molar-refractivity contribution in [1.29, 1.82) is 0 Å². The first-order chi connectivity index (χ1) is 8.41. The molecule has 2 nitrogen and oxygen atoms in total. The van der Waals surface area contributed by atoms with Gasteiger partial charge in [-0.15, -0.1) is 0 Å². The molecule has 0 amide bonds. The first-order valence-electron chi connectivity index (χ1n) is 6.62. The van der Waals surface area contributed by atoms with Crippen molar-refractivity contribution >= 4 is 5.69 Å². The molecule has 1 N–H and O–H groups in total. The third-order valence-corrected chi connectivity index (χ3v) is 3.91. The van der Waals surface area contributed by atoms with Crippen LogP contribution in [0.2, 0.25) is 0 Å². The lowest BCUT2D eigenvalue weighted by atomic mass is 9.82. The van der Waals surface area contributed by atoms with Crippen molar-refractivity contribution in [1.82, 2.24) is 0 Å². The van der Waals surface area contributed by atoms with Crippen LogP contribution in [0.15, 0.2) is 18.2 Å². The number of aliphatic hydroxyl groups is 1. The molecule has 0 aliphatic carbocycles. The summed E-state index contributed by atoms with van der Waals surface area (Å²) in [5.41, 5.74) is 1.65. The topological polar surface area (TPSA) is 23.5 Å². The van der Waals surface area contributed by atoms with Gasteiger partial charge in [0.2, 0.25) is 0 Å². The van der Waals surface area contributed by atoms with Crippen molar-refractivity contribution < 1.29 is 9.50 Å². The normalized spacial score (nSPS) is 20.8. The van der Waals surface area contributed by atoms with Crippen LogP contribution in [0.4, 0.5) is 10.1 Å². The number of hydrogen-bond acceptors (Lipinski definition) is 2. The summed E-state index contributed by atoms with van der Waals surface area (Å²) in [4.78, 5) is 2.19. The van der Waals surface area contributed by atoms with E-state index in [0.717, 1.165) is 31.6 Å². The fourth-order valence-electron chi connectivity index (χ4n) is 2.57. The van der Waals surface area contributed by atoms with Crippen molar-refractivity contribution in [2.75, 3.05) is 18.0 Å². The molecule has 0 saturated carbocycles. The highest BCUT2D eigenvalue weighted by Crippen LogP contribution is 2.35. The van der Waals surface area contributed by atoms with Crippen molar-refractivity contribution in [2.24, 2.45) is 5.41 Å². The maximum Gasteiger partial charge on any atom is 0.131 e. The molecule has 18 heavy (non-hydrogen) atoms. The van der Waals surface area contributed by atoms with E-state index < -0.39 is 6.10 Å². The molecule has 2 rings (SSSR count). The van der Waals surface area contributed by atoms with Gasteiger partial charge in [-0.3, -0.25) is 0 Å². The fraction of sp³-hybridized carbons (Fsp3) is 0.600. The molecule has 1 aromatic rings. The van der Waals surface area contributed by atoms with Gasteiger partial charge in [0.1, 0.15) is 5.82 Å². The number of nitrogens with zero attached hydrogens (tertiary/aromatic N) is 1. The summed E-state index contributed by atoms with van der Waals surface area (Å²) < 4.78 is 13.8. The molecule has 1 aromatic carbocycles. The van der Waals surface area contributed by atoms with E-state index in [9.17, 15) is 9.50 Å². The van der Waals surface area contributed by atoms with Gasteiger partial charge in [0, 0.05) is 24.3 Å². The third kappa shape index (κ3) is 2.66. The summed E-state index contributed by atoms with van der Waals surface area (Å²) in [6, 6.07) is 5.04. The monoisotopic (exact) mass is 251 g/mol. The van der Waals surface area contributed by atoms with E-state index in [1.54, 1.807) is 13.0 Å². The molecular weight excluding hydrogens is 229 g/mol. The van der Waals surface area contributed by atoms with Crippen LogP contribution in [0.3, 0.4) is 0 Å². The van der Waals surface area contributed by atoms with Crippen molar-refractivity contribution in [2.45, 2.75) is 39.7 Å². The number of hydrogen-bond donors (Lipinski definition) is 1. The summed E-state index contributed by atoms with van der Waals surface area (Å²) in [5, 5.41) is 9.75. The van der Waals surface area contributed by atoms with Gasteiger partial charge in [-0.25, -0.2) is 4.39 Å². The number of halogens is 1. The van der Waals surface area contributed by atoms with E-state index in [1.165, 1.54) is 6.07 Å². The molecule has 1 aliphatic heterocycles. The molecule has 0 radical (unpaired) electrons. The van der Waals surface area contributed by atoms with Crippen LogP contribution in [-0.4, -0.2) is 18.2 Å². The lowest BCUT2D eigenvalue weighted by Crippen LogP contribution is -2.38. The lowest BCUT2D eigenvalue weighted by Gasteiger charge is -2.39. The molecule has 0 spiro atoms. The predicted molar refractivity (Wildman–Crippen MR) is 72.3 cm³/mol. The second-order valence-corrected chi connectivity index (χ2v) is 6.00. The molecule has 1 saturated heterocycles. The van der Waals surface area contributed by atoms with Gasteiger partial charge >= 0.3 is 0 Å². The zero-order chi connectivity index (χ0) is 13.3. The quantitative estimate of drug-likeness (QED) is 0.869. The van der Waals surface area contributed by atoms with Crippen molar-refractivity contribution in [3.63, 3.8) is 0 Å². The van der Waals surface area contributed by atoms with E-state index in [4.69, 9.17) is 0 Å². The Hall–Kier alpha value is -1.09. The Balaban J connectivity index is 2.27. The Morgan fingerprint density at radius 3 is 2.44 bits per heavy atom. The predicted octanol–water partition coefficient (Wildman–Crippen LogP) is 3.51. The second kappa shape index (κ2) is 4.88. The van der Waals surface area contributed by atoms with Crippen LogP contribution in [0, 0.1) is 11.2 Å². The maximum atomic E-state index is 13.8. The van der Waals surface area contributed by atoms with E-state index in [2.05, 4.69) is 18.7 Å². The van der Waals surface area contributed by atoms with E-state index >= 15 is 0 Å². The Morgan fingerprint density at radius 1 is 1.28 bits per heavy atom. The molecule has 100 valence electrons.